The second-order valence-electron chi connectivity index (χ2n) is 7.22. The molecule has 2 amide bonds. The van der Waals surface area contributed by atoms with Crippen molar-refractivity contribution in [2.75, 3.05) is 33.8 Å². The zero-order chi connectivity index (χ0) is 21.3. The molecule has 1 N–H and O–H groups in total. The highest BCUT2D eigenvalue weighted by Crippen LogP contribution is 2.19. The van der Waals surface area contributed by atoms with Crippen LogP contribution >= 0.6 is 0 Å². The van der Waals surface area contributed by atoms with Gasteiger partial charge >= 0.3 is 0 Å². The van der Waals surface area contributed by atoms with Crippen LogP contribution in [0.3, 0.4) is 0 Å². The van der Waals surface area contributed by atoms with E-state index in [1.54, 1.807) is 25.3 Å². The van der Waals surface area contributed by atoms with Crippen LogP contribution in [0.2, 0.25) is 0 Å². The Hall–Kier alpha value is -3.19. The average Bonchev–Trinajstić information content (AvgIpc) is 2.76. The molecule has 3 rings (SSSR count). The number of benzene rings is 1. The average molecular weight is 409 g/mol. The van der Waals surface area contributed by atoms with Gasteiger partial charge in [0.2, 0.25) is 11.8 Å². The number of para-hydroxylation sites is 1. The van der Waals surface area contributed by atoms with Crippen LogP contribution in [0.15, 0.2) is 54.7 Å². The Bertz CT molecular complexity index is 885. The number of rotatable bonds is 8. The van der Waals surface area contributed by atoms with E-state index in [4.69, 9.17) is 4.74 Å². The van der Waals surface area contributed by atoms with Crippen LogP contribution in [0.25, 0.3) is 6.08 Å². The highest BCUT2D eigenvalue weighted by Gasteiger charge is 2.31. The molecule has 0 aliphatic carbocycles. The Labute approximate surface area is 177 Å². The molecule has 0 spiro atoms. The van der Waals surface area contributed by atoms with E-state index in [0.29, 0.717) is 26.2 Å². The Kier molecular flexibility index (Phi) is 7.57. The molecule has 0 radical (unpaired) electrons. The number of methoxy groups -OCH3 is 1. The van der Waals surface area contributed by atoms with Crippen molar-refractivity contribution in [1.82, 2.24) is 20.1 Å². The molecule has 1 aliphatic rings. The Morgan fingerprint density at radius 3 is 2.87 bits per heavy atom. The van der Waals surface area contributed by atoms with Gasteiger partial charge in [-0.3, -0.25) is 19.5 Å². The van der Waals surface area contributed by atoms with Crippen LogP contribution in [-0.4, -0.2) is 66.4 Å². The second kappa shape index (κ2) is 10.5. The molecule has 0 bridgehead atoms. The molecular weight excluding hydrogens is 380 g/mol. The fourth-order valence-electron chi connectivity index (χ4n) is 3.47. The summed E-state index contributed by atoms with van der Waals surface area (Å²) in [5.74, 6) is 0.612. The summed E-state index contributed by atoms with van der Waals surface area (Å²) in [4.78, 5) is 33.1. The van der Waals surface area contributed by atoms with Crippen molar-refractivity contribution < 1.29 is 14.3 Å². The largest absolute Gasteiger partial charge is 0.496 e. The van der Waals surface area contributed by atoms with Crippen LogP contribution in [0.1, 0.15) is 17.7 Å². The van der Waals surface area contributed by atoms with E-state index < -0.39 is 6.04 Å². The van der Waals surface area contributed by atoms with Gasteiger partial charge in [0, 0.05) is 38.4 Å². The van der Waals surface area contributed by atoms with Crippen molar-refractivity contribution in [3.05, 3.63) is 66.0 Å². The topological polar surface area (TPSA) is 74.8 Å². The molecule has 2 aromatic rings. The predicted octanol–water partition coefficient (Wildman–Crippen LogP) is 1.95. The van der Waals surface area contributed by atoms with Gasteiger partial charge in [0.05, 0.1) is 31.8 Å². The summed E-state index contributed by atoms with van der Waals surface area (Å²) in [6.07, 6.45) is 5.83. The van der Waals surface area contributed by atoms with Crippen LogP contribution in [0.5, 0.6) is 5.75 Å². The van der Waals surface area contributed by atoms with Gasteiger partial charge in [0.25, 0.3) is 0 Å². The molecular formula is C23H28N4O3. The number of amides is 2. The third-order valence-corrected chi connectivity index (χ3v) is 5.14. The van der Waals surface area contributed by atoms with E-state index in [-0.39, 0.29) is 18.2 Å². The zero-order valence-corrected chi connectivity index (χ0v) is 17.5. The number of ether oxygens (including phenoxy) is 1. The Balaban J connectivity index is 1.62. The van der Waals surface area contributed by atoms with Gasteiger partial charge in [0.1, 0.15) is 5.75 Å². The highest BCUT2D eigenvalue weighted by atomic mass is 16.5. The van der Waals surface area contributed by atoms with E-state index in [2.05, 4.69) is 10.3 Å². The van der Waals surface area contributed by atoms with Crippen molar-refractivity contribution in [2.24, 2.45) is 0 Å². The minimum atomic E-state index is -0.486. The quantitative estimate of drug-likeness (QED) is 0.723. The lowest BCUT2D eigenvalue weighted by molar-refractivity contribution is -0.138. The monoisotopic (exact) mass is 408 g/mol. The smallest absolute Gasteiger partial charge is 0.237 e. The van der Waals surface area contributed by atoms with Crippen LogP contribution in [0.4, 0.5) is 0 Å². The maximum Gasteiger partial charge on any atom is 0.237 e. The van der Waals surface area contributed by atoms with Gasteiger partial charge in [-0.15, -0.1) is 0 Å². The molecule has 1 saturated heterocycles. The molecule has 7 nitrogen and oxygen atoms in total. The molecule has 1 aromatic heterocycles. The van der Waals surface area contributed by atoms with Gasteiger partial charge in [0.15, 0.2) is 0 Å². The summed E-state index contributed by atoms with van der Waals surface area (Å²) in [7, 11) is 3.38. The number of piperazine rings is 1. The first kappa shape index (κ1) is 21.5. The SMILES string of the molecule is COc1ccccc1/C=C/CN1CCNC(=O)[C@H]1CC(=O)N(C)Cc1ccccn1. The van der Waals surface area contributed by atoms with E-state index in [9.17, 15) is 9.59 Å². The third-order valence-electron chi connectivity index (χ3n) is 5.14. The Morgan fingerprint density at radius 1 is 1.30 bits per heavy atom. The summed E-state index contributed by atoms with van der Waals surface area (Å²) in [6.45, 7) is 2.27. The second-order valence-corrected chi connectivity index (χ2v) is 7.22. The van der Waals surface area contributed by atoms with Gasteiger partial charge in [-0.05, 0) is 18.2 Å². The molecule has 1 fully saturated rings. The van der Waals surface area contributed by atoms with Crippen molar-refractivity contribution in [3.63, 3.8) is 0 Å². The van der Waals surface area contributed by atoms with Gasteiger partial charge in [-0.25, -0.2) is 0 Å². The molecule has 1 aromatic carbocycles. The minimum absolute atomic E-state index is 0.0820. The van der Waals surface area contributed by atoms with Gasteiger partial charge < -0.3 is 15.0 Å². The van der Waals surface area contributed by atoms with Crippen molar-refractivity contribution >= 4 is 17.9 Å². The number of hydrogen-bond acceptors (Lipinski definition) is 5. The lowest BCUT2D eigenvalue weighted by Gasteiger charge is -2.34. The molecule has 1 aliphatic heterocycles. The van der Waals surface area contributed by atoms with Crippen LogP contribution in [0, 0.1) is 0 Å². The lowest BCUT2D eigenvalue weighted by Crippen LogP contribution is -2.56. The molecule has 1 atom stereocenters. The first-order valence-corrected chi connectivity index (χ1v) is 10.0. The van der Waals surface area contributed by atoms with E-state index in [1.807, 2.05) is 59.5 Å². The van der Waals surface area contributed by atoms with Crippen molar-refractivity contribution in [2.45, 2.75) is 19.0 Å². The summed E-state index contributed by atoms with van der Waals surface area (Å²) in [5.41, 5.74) is 1.79. The summed E-state index contributed by atoms with van der Waals surface area (Å²) >= 11 is 0. The number of hydrogen-bond donors (Lipinski definition) is 1. The first-order valence-electron chi connectivity index (χ1n) is 10.0. The molecule has 0 unspecified atom stereocenters. The van der Waals surface area contributed by atoms with Crippen LogP contribution in [-0.2, 0) is 16.1 Å². The fourth-order valence-corrected chi connectivity index (χ4v) is 3.47. The third kappa shape index (κ3) is 5.67. The first-order chi connectivity index (χ1) is 14.6. The van der Waals surface area contributed by atoms with Crippen molar-refractivity contribution in [1.29, 1.82) is 0 Å². The fraction of sp³-hybridized carbons (Fsp3) is 0.348. The number of nitrogens with zero attached hydrogens (tertiary/aromatic N) is 3. The minimum Gasteiger partial charge on any atom is -0.496 e. The Morgan fingerprint density at radius 2 is 2.10 bits per heavy atom. The summed E-state index contributed by atoms with van der Waals surface area (Å²) in [6, 6.07) is 12.9. The normalized spacial score (nSPS) is 17.0. The maximum absolute atomic E-state index is 12.7. The number of nitrogens with one attached hydrogen (secondary N) is 1. The maximum atomic E-state index is 12.7. The van der Waals surface area contributed by atoms with E-state index in [0.717, 1.165) is 17.0 Å². The molecule has 7 heteroatoms. The number of aromatic nitrogens is 1. The predicted molar refractivity (Wildman–Crippen MR) is 116 cm³/mol. The molecule has 158 valence electrons. The highest BCUT2D eigenvalue weighted by molar-refractivity contribution is 5.88. The van der Waals surface area contributed by atoms with Gasteiger partial charge in [-0.2, -0.15) is 0 Å². The van der Waals surface area contributed by atoms with Crippen molar-refractivity contribution in [3.8, 4) is 5.75 Å². The molecule has 2 heterocycles. The standard InChI is InChI=1S/C23H28N4O3/c1-26(17-19-10-5-6-12-24-19)22(28)16-20-23(29)25-13-15-27(20)14-7-9-18-8-3-4-11-21(18)30-2/h3-12,20H,13-17H2,1-2H3,(H,25,29)/b9-7+/t20-/m1/s1. The molecule has 0 saturated carbocycles. The molecule has 30 heavy (non-hydrogen) atoms. The lowest BCUT2D eigenvalue weighted by atomic mass is 10.1. The number of carbonyl (C=O) groups is 2. The van der Waals surface area contributed by atoms with Gasteiger partial charge in [-0.1, -0.05) is 36.4 Å². The van der Waals surface area contributed by atoms with E-state index in [1.165, 1.54) is 0 Å². The van der Waals surface area contributed by atoms with E-state index >= 15 is 0 Å². The van der Waals surface area contributed by atoms with Crippen LogP contribution < -0.4 is 10.1 Å². The zero-order valence-electron chi connectivity index (χ0n) is 17.5. The number of pyridine rings is 1. The summed E-state index contributed by atoms with van der Waals surface area (Å²) in [5, 5.41) is 2.87. The number of carbonyl (C=O) groups excluding carboxylic acids is 2. The summed E-state index contributed by atoms with van der Waals surface area (Å²) < 4.78 is 5.37.